The highest BCUT2D eigenvalue weighted by Crippen LogP contribution is 2.27. The summed E-state index contributed by atoms with van der Waals surface area (Å²) in [6.07, 6.45) is 9.16. The molecule has 108 valence electrons. The highest BCUT2D eigenvalue weighted by molar-refractivity contribution is 4.79. The Labute approximate surface area is 114 Å². The summed E-state index contributed by atoms with van der Waals surface area (Å²) in [4.78, 5) is 2.60. The van der Waals surface area contributed by atoms with Gasteiger partial charge in [-0.15, -0.1) is 0 Å². The van der Waals surface area contributed by atoms with E-state index in [4.69, 9.17) is 0 Å². The summed E-state index contributed by atoms with van der Waals surface area (Å²) in [5.74, 6) is 0.951. The first-order valence-corrected chi connectivity index (χ1v) is 7.96. The zero-order valence-electron chi connectivity index (χ0n) is 12.7. The molecule has 0 aliphatic carbocycles. The lowest BCUT2D eigenvalue weighted by atomic mass is 9.86. The maximum absolute atomic E-state index is 9.63. The van der Waals surface area contributed by atoms with Crippen molar-refractivity contribution >= 4 is 0 Å². The Morgan fingerprint density at radius 2 is 1.94 bits per heavy atom. The van der Waals surface area contributed by atoms with E-state index in [-0.39, 0.29) is 5.41 Å². The lowest BCUT2D eigenvalue weighted by Gasteiger charge is -2.33. The Kier molecular flexibility index (Phi) is 7.25. The number of hydrogen-bond acceptors (Lipinski definition) is 2. The molecule has 1 rings (SSSR count). The van der Waals surface area contributed by atoms with Crippen molar-refractivity contribution in [2.24, 2.45) is 11.3 Å². The van der Waals surface area contributed by atoms with Gasteiger partial charge in [-0.1, -0.05) is 40.0 Å². The van der Waals surface area contributed by atoms with Crippen molar-refractivity contribution in [1.29, 1.82) is 0 Å². The Morgan fingerprint density at radius 3 is 2.56 bits per heavy atom. The summed E-state index contributed by atoms with van der Waals surface area (Å²) in [5.41, 5.74) is 0.110. The standard InChI is InChI=1S/C16H33NO/c1-4-7-15-8-6-11-17(12-9-15)13-16(3,14-18)10-5-2/h15,18H,4-14H2,1-3H3. The average Bonchev–Trinajstić information content (AvgIpc) is 2.56. The topological polar surface area (TPSA) is 23.5 Å². The number of hydrogen-bond donors (Lipinski definition) is 1. The first-order valence-electron chi connectivity index (χ1n) is 7.96. The van der Waals surface area contributed by atoms with Gasteiger partial charge < -0.3 is 10.0 Å². The van der Waals surface area contributed by atoms with E-state index in [0.717, 1.165) is 18.9 Å². The van der Waals surface area contributed by atoms with Crippen LogP contribution in [-0.2, 0) is 0 Å². The fourth-order valence-electron chi connectivity index (χ4n) is 3.43. The van der Waals surface area contributed by atoms with Crippen molar-refractivity contribution in [2.75, 3.05) is 26.2 Å². The molecule has 0 aromatic carbocycles. The number of aliphatic hydroxyl groups is 1. The first-order chi connectivity index (χ1) is 8.63. The third-order valence-electron chi connectivity index (χ3n) is 4.48. The monoisotopic (exact) mass is 255 g/mol. The number of likely N-dealkylation sites (tertiary alicyclic amines) is 1. The lowest BCUT2D eigenvalue weighted by Crippen LogP contribution is -2.39. The van der Waals surface area contributed by atoms with E-state index < -0.39 is 0 Å². The van der Waals surface area contributed by atoms with Gasteiger partial charge in [0.25, 0.3) is 0 Å². The molecule has 0 aromatic rings. The summed E-state index contributed by atoms with van der Waals surface area (Å²) in [6, 6.07) is 0. The predicted octanol–water partition coefficient (Wildman–Crippen LogP) is 3.69. The molecule has 2 nitrogen and oxygen atoms in total. The molecule has 0 saturated carbocycles. The van der Waals surface area contributed by atoms with Gasteiger partial charge in [-0.25, -0.2) is 0 Å². The Balaban J connectivity index is 2.42. The maximum Gasteiger partial charge on any atom is 0.0497 e. The van der Waals surface area contributed by atoms with E-state index >= 15 is 0 Å². The second-order valence-electron chi connectivity index (χ2n) is 6.58. The van der Waals surface area contributed by atoms with Gasteiger partial charge in [0.05, 0.1) is 0 Å². The molecule has 1 aliphatic heterocycles. The molecular formula is C16H33NO. The molecule has 0 spiro atoms. The van der Waals surface area contributed by atoms with Gasteiger partial charge in [-0.3, -0.25) is 0 Å². The Morgan fingerprint density at radius 1 is 1.17 bits per heavy atom. The van der Waals surface area contributed by atoms with Crippen LogP contribution in [0.15, 0.2) is 0 Å². The quantitative estimate of drug-likeness (QED) is 0.750. The van der Waals surface area contributed by atoms with E-state index in [9.17, 15) is 5.11 Å². The second-order valence-corrected chi connectivity index (χ2v) is 6.58. The van der Waals surface area contributed by atoms with Crippen LogP contribution in [0.3, 0.4) is 0 Å². The van der Waals surface area contributed by atoms with Crippen LogP contribution in [0, 0.1) is 11.3 Å². The van der Waals surface area contributed by atoms with Crippen molar-refractivity contribution in [3.63, 3.8) is 0 Å². The molecule has 2 unspecified atom stereocenters. The third-order valence-corrected chi connectivity index (χ3v) is 4.48. The summed E-state index contributed by atoms with van der Waals surface area (Å²) in [7, 11) is 0. The lowest BCUT2D eigenvalue weighted by molar-refractivity contribution is 0.0807. The molecule has 0 aromatic heterocycles. The average molecular weight is 255 g/mol. The van der Waals surface area contributed by atoms with Crippen molar-refractivity contribution in [3.05, 3.63) is 0 Å². The third kappa shape index (κ3) is 5.27. The normalized spacial score (nSPS) is 25.7. The zero-order chi connectivity index (χ0) is 13.4. The Hall–Kier alpha value is -0.0800. The maximum atomic E-state index is 9.63. The summed E-state index contributed by atoms with van der Waals surface area (Å²) in [6.45, 7) is 10.6. The fourth-order valence-corrected chi connectivity index (χ4v) is 3.43. The highest BCUT2D eigenvalue weighted by atomic mass is 16.3. The predicted molar refractivity (Wildman–Crippen MR) is 78.8 cm³/mol. The van der Waals surface area contributed by atoms with Gasteiger partial charge in [-0.05, 0) is 44.7 Å². The largest absolute Gasteiger partial charge is 0.396 e. The van der Waals surface area contributed by atoms with Crippen LogP contribution in [0.5, 0.6) is 0 Å². The van der Waals surface area contributed by atoms with Crippen molar-refractivity contribution in [1.82, 2.24) is 4.90 Å². The molecule has 2 atom stereocenters. The number of aliphatic hydroxyl groups excluding tert-OH is 1. The van der Waals surface area contributed by atoms with Crippen LogP contribution in [-0.4, -0.2) is 36.2 Å². The molecule has 1 N–H and O–H groups in total. The van der Waals surface area contributed by atoms with Crippen LogP contribution in [0.25, 0.3) is 0 Å². The SMILES string of the molecule is CCCC1CCCN(CC(C)(CO)CCC)CC1. The minimum atomic E-state index is 0.110. The number of nitrogens with zero attached hydrogens (tertiary/aromatic N) is 1. The molecule has 0 radical (unpaired) electrons. The summed E-state index contributed by atoms with van der Waals surface area (Å²) < 4.78 is 0. The first kappa shape index (κ1) is 16.0. The molecular weight excluding hydrogens is 222 g/mol. The number of rotatable bonds is 7. The molecule has 1 saturated heterocycles. The molecule has 1 heterocycles. The van der Waals surface area contributed by atoms with Crippen molar-refractivity contribution in [3.8, 4) is 0 Å². The van der Waals surface area contributed by atoms with E-state index in [1.165, 1.54) is 51.6 Å². The molecule has 0 bridgehead atoms. The molecule has 0 amide bonds. The van der Waals surface area contributed by atoms with E-state index in [1.807, 2.05) is 0 Å². The van der Waals surface area contributed by atoms with Crippen LogP contribution >= 0.6 is 0 Å². The van der Waals surface area contributed by atoms with Crippen LogP contribution in [0.1, 0.15) is 65.7 Å². The van der Waals surface area contributed by atoms with Crippen LogP contribution in [0.4, 0.5) is 0 Å². The van der Waals surface area contributed by atoms with Gasteiger partial charge in [0.2, 0.25) is 0 Å². The van der Waals surface area contributed by atoms with E-state index in [2.05, 4.69) is 25.7 Å². The van der Waals surface area contributed by atoms with Gasteiger partial charge in [-0.2, -0.15) is 0 Å². The Bertz CT molecular complexity index is 219. The van der Waals surface area contributed by atoms with Gasteiger partial charge >= 0.3 is 0 Å². The second kappa shape index (κ2) is 8.16. The zero-order valence-corrected chi connectivity index (χ0v) is 12.7. The molecule has 1 aliphatic rings. The molecule has 1 fully saturated rings. The van der Waals surface area contributed by atoms with Gasteiger partial charge in [0.1, 0.15) is 0 Å². The van der Waals surface area contributed by atoms with Crippen LogP contribution in [0.2, 0.25) is 0 Å². The van der Waals surface area contributed by atoms with Gasteiger partial charge in [0.15, 0.2) is 0 Å². The van der Waals surface area contributed by atoms with Crippen molar-refractivity contribution in [2.45, 2.75) is 65.7 Å². The van der Waals surface area contributed by atoms with E-state index in [0.29, 0.717) is 6.61 Å². The van der Waals surface area contributed by atoms with Crippen LogP contribution < -0.4 is 0 Å². The molecule has 2 heteroatoms. The smallest absolute Gasteiger partial charge is 0.0497 e. The fraction of sp³-hybridized carbons (Fsp3) is 1.00. The minimum absolute atomic E-state index is 0.110. The van der Waals surface area contributed by atoms with E-state index in [1.54, 1.807) is 0 Å². The summed E-state index contributed by atoms with van der Waals surface area (Å²) >= 11 is 0. The molecule has 18 heavy (non-hydrogen) atoms. The van der Waals surface area contributed by atoms with Gasteiger partial charge in [0, 0.05) is 18.6 Å². The van der Waals surface area contributed by atoms with Crippen molar-refractivity contribution < 1.29 is 5.11 Å². The highest BCUT2D eigenvalue weighted by Gasteiger charge is 2.26. The summed E-state index contributed by atoms with van der Waals surface area (Å²) in [5, 5.41) is 9.63. The minimum Gasteiger partial charge on any atom is -0.396 e.